The van der Waals surface area contributed by atoms with Gasteiger partial charge in [0, 0.05) is 18.2 Å². The van der Waals surface area contributed by atoms with Crippen molar-refractivity contribution in [2.45, 2.75) is 33.6 Å². The van der Waals surface area contributed by atoms with Gasteiger partial charge in [-0.1, -0.05) is 19.1 Å². The van der Waals surface area contributed by atoms with Crippen LogP contribution in [0.1, 0.15) is 30.9 Å². The van der Waals surface area contributed by atoms with E-state index in [1.54, 1.807) is 0 Å². The molecule has 0 unspecified atom stereocenters. The van der Waals surface area contributed by atoms with E-state index >= 15 is 0 Å². The average molecular weight is 283 g/mol. The fourth-order valence-electron chi connectivity index (χ4n) is 2.00. The van der Waals surface area contributed by atoms with Crippen LogP contribution in [0.4, 0.5) is 5.69 Å². The minimum absolute atomic E-state index is 0.0285. The topological polar surface area (TPSA) is 38.3 Å². The van der Waals surface area contributed by atoms with E-state index in [9.17, 15) is 4.79 Å². The Balaban J connectivity index is 2.10. The summed E-state index contributed by atoms with van der Waals surface area (Å²) in [4.78, 5) is 11.6. The molecule has 0 heterocycles. The molecule has 0 aliphatic rings. The number of rotatable bonds is 5. The van der Waals surface area contributed by atoms with Gasteiger partial charge >= 0.3 is 0 Å². The number of nitrogens with one attached hydrogen (secondary N) is 1. The molecule has 0 aliphatic heterocycles. The fraction of sp³-hybridized carbons (Fsp3) is 0.278. The predicted molar refractivity (Wildman–Crippen MR) is 86.0 cm³/mol. The van der Waals surface area contributed by atoms with Crippen molar-refractivity contribution in [3.63, 3.8) is 0 Å². The lowest BCUT2D eigenvalue weighted by Gasteiger charge is -2.10. The van der Waals surface area contributed by atoms with Crippen LogP contribution in [0.2, 0.25) is 0 Å². The maximum Gasteiger partial charge on any atom is 0.224 e. The Hall–Kier alpha value is -2.29. The zero-order valence-corrected chi connectivity index (χ0v) is 12.8. The molecule has 0 saturated heterocycles. The molecule has 1 amide bonds. The summed E-state index contributed by atoms with van der Waals surface area (Å²) >= 11 is 0. The highest BCUT2D eigenvalue weighted by Gasteiger charge is 2.03. The van der Waals surface area contributed by atoms with Crippen LogP contribution >= 0.6 is 0 Å². The van der Waals surface area contributed by atoms with Crippen LogP contribution in [0.5, 0.6) is 11.5 Å². The third-order valence-corrected chi connectivity index (χ3v) is 3.31. The maximum atomic E-state index is 11.6. The number of aryl methyl sites for hydroxylation is 2. The summed E-state index contributed by atoms with van der Waals surface area (Å²) in [6.45, 7) is 6.12. The second-order valence-corrected chi connectivity index (χ2v) is 5.17. The Morgan fingerprint density at radius 1 is 1.05 bits per heavy atom. The van der Waals surface area contributed by atoms with Crippen LogP contribution in [0, 0.1) is 13.8 Å². The highest BCUT2D eigenvalue weighted by molar-refractivity contribution is 5.90. The largest absolute Gasteiger partial charge is 0.457 e. The van der Waals surface area contributed by atoms with Crippen LogP contribution < -0.4 is 10.1 Å². The number of hydrogen-bond donors (Lipinski definition) is 1. The third-order valence-electron chi connectivity index (χ3n) is 3.31. The molecule has 0 spiro atoms. The smallest absolute Gasteiger partial charge is 0.224 e. The number of amides is 1. The molecule has 0 saturated carbocycles. The van der Waals surface area contributed by atoms with Crippen molar-refractivity contribution in [1.82, 2.24) is 0 Å². The number of anilines is 1. The first-order valence-electron chi connectivity index (χ1n) is 7.23. The van der Waals surface area contributed by atoms with Crippen molar-refractivity contribution in [2.24, 2.45) is 0 Å². The number of benzene rings is 2. The Labute approximate surface area is 126 Å². The zero-order valence-electron chi connectivity index (χ0n) is 12.8. The Kier molecular flexibility index (Phi) is 4.99. The van der Waals surface area contributed by atoms with Crippen LogP contribution in [0.15, 0.2) is 42.5 Å². The van der Waals surface area contributed by atoms with E-state index in [1.165, 1.54) is 11.1 Å². The lowest BCUT2D eigenvalue weighted by Crippen LogP contribution is -2.10. The molecule has 0 atom stereocenters. The van der Waals surface area contributed by atoms with E-state index < -0.39 is 0 Å². The van der Waals surface area contributed by atoms with Crippen molar-refractivity contribution in [2.75, 3.05) is 5.32 Å². The first-order valence-corrected chi connectivity index (χ1v) is 7.23. The van der Waals surface area contributed by atoms with Crippen molar-refractivity contribution >= 4 is 11.6 Å². The second-order valence-electron chi connectivity index (χ2n) is 5.17. The first kappa shape index (κ1) is 15.1. The standard InChI is InChI=1S/C18H21NO2/c1-4-6-18(20)19-15-7-5-8-16(12-15)21-17-10-9-13(2)14(3)11-17/h5,7-12H,4,6H2,1-3H3,(H,19,20). The second kappa shape index (κ2) is 6.93. The van der Waals surface area contributed by atoms with Gasteiger partial charge in [0.25, 0.3) is 0 Å². The van der Waals surface area contributed by atoms with Gasteiger partial charge in [-0.3, -0.25) is 4.79 Å². The molecule has 110 valence electrons. The molecular weight excluding hydrogens is 262 g/mol. The lowest BCUT2D eigenvalue weighted by molar-refractivity contribution is -0.116. The molecule has 0 aliphatic carbocycles. The molecule has 3 nitrogen and oxygen atoms in total. The van der Waals surface area contributed by atoms with E-state index in [2.05, 4.69) is 19.2 Å². The summed E-state index contributed by atoms with van der Waals surface area (Å²) in [5.74, 6) is 1.54. The summed E-state index contributed by atoms with van der Waals surface area (Å²) in [6.07, 6.45) is 1.37. The Morgan fingerprint density at radius 3 is 2.52 bits per heavy atom. The highest BCUT2D eigenvalue weighted by atomic mass is 16.5. The molecule has 0 fully saturated rings. The van der Waals surface area contributed by atoms with E-state index in [-0.39, 0.29) is 5.91 Å². The fourth-order valence-corrected chi connectivity index (χ4v) is 2.00. The van der Waals surface area contributed by atoms with Gasteiger partial charge < -0.3 is 10.1 Å². The van der Waals surface area contributed by atoms with Crippen molar-refractivity contribution < 1.29 is 9.53 Å². The predicted octanol–water partition coefficient (Wildman–Crippen LogP) is 4.83. The quantitative estimate of drug-likeness (QED) is 0.853. The molecule has 0 bridgehead atoms. The molecule has 1 N–H and O–H groups in total. The molecule has 2 rings (SSSR count). The van der Waals surface area contributed by atoms with Crippen LogP contribution in [0.3, 0.4) is 0 Å². The van der Waals surface area contributed by atoms with E-state index in [0.717, 1.165) is 17.9 Å². The van der Waals surface area contributed by atoms with Gasteiger partial charge in [0.1, 0.15) is 11.5 Å². The summed E-state index contributed by atoms with van der Waals surface area (Å²) in [5.41, 5.74) is 3.19. The van der Waals surface area contributed by atoms with Crippen LogP contribution in [0.25, 0.3) is 0 Å². The highest BCUT2D eigenvalue weighted by Crippen LogP contribution is 2.25. The Bertz CT molecular complexity index is 635. The normalized spacial score (nSPS) is 10.2. The maximum absolute atomic E-state index is 11.6. The van der Waals surface area contributed by atoms with Crippen molar-refractivity contribution in [1.29, 1.82) is 0 Å². The first-order chi connectivity index (χ1) is 10.1. The van der Waals surface area contributed by atoms with E-state index in [4.69, 9.17) is 4.74 Å². The minimum Gasteiger partial charge on any atom is -0.457 e. The van der Waals surface area contributed by atoms with Gasteiger partial charge in [0.05, 0.1) is 0 Å². The van der Waals surface area contributed by atoms with Crippen molar-refractivity contribution in [3.8, 4) is 11.5 Å². The SMILES string of the molecule is CCCC(=O)Nc1cccc(Oc2ccc(C)c(C)c2)c1. The summed E-state index contributed by atoms with van der Waals surface area (Å²) < 4.78 is 5.85. The van der Waals surface area contributed by atoms with E-state index in [1.807, 2.05) is 49.4 Å². The molecular formula is C18H21NO2. The monoisotopic (exact) mass is 283 g/mol. The molecule has 2 aromatic carbocycles. The number of carbonyl (C=O) groups excluding carboxylic acids is 1. The molecule has 0 radical (unpaired) electrons. The molecule has 0 aromatic heterocycles. The number of carbonyl (C=O) groups is 1. The van der Waals surface area contributed by atoms with Gasteiger partial charge in [0.15, 0.2) is 0 Å². The molecule has 2 aromatic rings. The van der Waals surface area contributed by atoms with Gasteiger partial charge in [-0.05, 0) is 55.7 Å². The zero-order chi connectivity index (χ0) is 15.2. The van der Waals surface area contributed by atoms with E-state index in [0.29, 0.717) is 12.2 Å². The van der Waals surface area contributed by atoms with Gasteiger partial charge in [-0.15, -0.1) is 0 Å². The van der Waals surface area contributed by atoms with Gasteiger partial charge in [-0.25, -0.2) is 0 Å². The third kappa shape index (κ3) is 4.35. The lowest BCUT2D eigenvalue weighted by atomic mass is 10.1. The van der Waals surface area contributed by atoms with Gasteiger partial charge in [0.2, 0.25) is 5.91 Å². The summed E-state index contributed by atoms with van der Waals surface area (Å²) in [6, 6.07) is 13.5. The summed E-state index contributed by atoms with van der Waals surface area (Å²) in [7, 11) is 0. The molecule has 21 heavy (non-hydrogen) atoms. The van der Waals surface area contributed by atoms with Crippen molar-refractivity contribution in [3.05, 3.63) is 53.6 Å². The molecule has 3 heteroatoms. The van der Waals surface area contributed by atoms with Gasteiger partial charge in [-0.2, -0.15) is 0 Å². The number of ether oxygens (including phenoxy) is 1. The average Bonchev–Trinajstić information content (AvgIpc) is 2.43. The summed E-state index contributed by atoms with van der Waals surface area (Å²) in [5, 5.41) is 2.87. The Morgan fingerprint density at radius 2 is 1.81 bits per heavy atom. The minimum atomic E-state index is 0.0285. The van der Waals surface area contributed by atoms with Crippen LogP contribution in [-0.2, 0) is 4.79 Å². The van der Waals surface area contributed by atoms with Crippen LogP contribution in [-0.4, -0.2) is 5.91 Å². The number of hydrogen-bond acceptors (Lipinski definition) is 2.